The number of nitrogens with one attached hydrogen (secondary N) is 1. The number of carboxylic acids is 1. The minimum Gasteiger partial charge on any atom is -0.488 e. The summed E-state index contributed by atoms with van der Waals surface area (Å²) in [5.74, 6) is -0.984. The Hall–Kier alpha value is -4.62. The van der Waals surface area contributed by atoms with Crippen molar-refractivity contribution in [3.8, 4) is 5.75 Å². The van der Waals surface area contributed by atoms with Crippen LogP contribution in [0.4, 0.5) is 10.5 Å². The Morgan fingerprint density at radius 3 is 2.39 bits per heavy atom. The van der Waals surface area contributed by atoms with Gasteiger partial charge in [0.15, 0.2) is 0 Å². The third-order valence-corrected chi connectivity index (χ3v) is 6.03. The van der Waals surface area contributed by atoms with Gasteiger partial charge in [0.2, 0.25) is 0 Å². The minimum absolute atomic E-state index is 0.113. The van der Waals surface area contributed by atoms with E-state index in [1.54, 1.807) is 48.5 Å². The van der Waals surface area contributed by atoms with Gasteiger partial charge in [0.25, 0.3) is 5.91 Å². The molecule has 8 heteroatoms. The van der Waals surface area contributed by atoms with E-state index in [0.29, 0.717) is 22.0 Å². The summed E-state index contributed by atoms with van der Waals surface area (Å²) in [6, 6.07) is 23.6. The maximum Gasteiger partial charge on any atom is 0.335 e. The molecule has 4 aromatic rings. The summed E-state index contributed by atoms with van der Waals surface area (Å²) in [5, 5.41) is 14.0. The van der Waals surface area contributed by atoms with Crippen LogP contribution in [-0.4, -0.2) is 23.0 Å². The monoisotopic (exact) mass is 498 g/mol. The van der Waals surface area contributed by atoms with Crippen molar-refractivity contribution in [2.45, 2.75) is 6.61 Å². The smallest absolute Gasteiger partial charge is 0.335 e. The number of anilines is 1. The molecule has 0 radical (unpaired) electrons. The molecule has 1 aliphatic rings. The molecular formula is C28H19ClN2O5. The number of fused-ring (bicyclic) bond motifs is 1. The van der Waals surface area contributed by atoms with Gasteiger partial charge in [-0.15, -0.1) is 0 Å². The van der Waals surface area contributed by atoms with Crippen LogP contribution in [0.15, 0.2) is 90.6 Å². The molecule has 2 N–H and O–H groups in total. The Morgan fingerprint density at radius 1 is 0.944 bits per heavy atom. The van der Waals surface area contributed by atoms with Gasteiger partial charge in [-0.05, 0) is 64.9 Å². The predicted octanol–water partition coefficient (Wildman–Crippen LogP) is 5.87. The number of carbonyl (C=O) groups is 3. The topological polar surface area (TPSA) is 95.9 Å². The van der Waals surface area contributed by atoms with E-state index in [4.69, 9.17) is 21.4 Å². The Labute approximate surface area is 211 Å². The highest BCUT2D eigenvalue weighted by molar-refractivity contribution is 6.31. The van der Waals surface area contributed by atoms with Crippen molar-refractivity contribution >= 4 is 52.0 Å². The Morgan fingerprint density at radius 2 is 1.67 bits per heavy atom. The van der Waals surface area contributed by atoms with Crippen molar-refractivity contribution < 1.29 is 24.2 Å². The number of amides is 3. The van der Waals surface area contributed by atoms with Crippen LogP contribution in [0.2, 0.25) is 5.02 Å². The van der Waals surface area contributed by atoms with E-state index < -0.39 is 17.9 Å². The summed E-state index contributed by atoms with van der Waals surface area (Å²) in [5.41, 5.74) is 2.13. The number of carboxylic acid groups (broad SMARTS) is 1. The van der Waals surface area contributed by atoms with E-state index in [9.17, 15) is 14.4 Å². The number of hydrogen-bond donors (Lipinski definition) is 2. The Kier molecular flexibility index (Phi) is 6.14. The Bertz CT molecular complexity index is 1530. The van der Waals surface area contributed by atoms with Gasteiger partial charge in [0.05, 0.1) is 11.3 Å². The van der Waals surface area contributed by atoms with Gasteiger partial charge >= 0.3 is 12.0 Å². The molecule has 1 aliphatic heterocycles. The van der Waals surface area contributed by atoms with Crippen LogP contribution < -0.4 is 15.0 Å². The lowest BCUT2D eigenvalue weighted by Gasteiger charge is -2.13. The highest BCUT2D eigenvalue weighted by atomic mass is 35.5. The maximum atomic E-state index is 13.2. The van der Waals surface area contributed by atoms with E-state index in [1.807, 2.05) is 30.3 Å². The first kappa shape index (κ1) is 23.1. The van der Waals surface area contributed by atoms with E-state index in [-0.39, 0.29) is 17.9 Å². The van der Waals surface area contributed by atoms with Gasteiger partial charge in [-0.1, -0.05) is 54.1 Å². The molecule has 1 heterocycles. The van der Waals surface area contributed by atoms with Gasteiger partial charge in [-0.3, -0.25) is 4.79 Å². The molecule has 1 saturated heterocycles. The minimum atomic E-state index is -0.998. The van der Waals surface area contributed by atoms with E-state index >= 15 is 0 Å². The molecule has 0 atom stereocenters. The van der Waals surface area contributed by atoms with Gasteiger partial charge < -0.3 is 15.2 Å². The van der Waals surface area contributed by atoms with Crippen LogP contribution in [0.25, 0.3) is 16.8 Å². The zero-order valence-electron chi connectivity index (χ0n) is 18.8. The first-order valence-corrected chi connectivity index (χ1v) is 11.4. The third kappa shape index (κ3) is 4.52. The maximum absolute atomic E-state index is 13.2. The zero-order valence-corrected chi connectivity index (χ0v) is 19.5. The molecule has 0 unspecified atom stereocenters. The number of halogens is 1. The normalized spacial score (nSPS) is 14.4. The summed E-state index contributed by atoms with van der Waals surface area (Å²) in [7, 11) is 0. The number of urea groups is 1. The second kappa shape index (κ2) is 9.56. The number of aromatic carboxylic acids is 1. The van der Waals surface area contributed by atoms with E-state index in [1.165, 1.54) is 12.1 Å². The standard InChI is InChI=1S/C28H19ClN2O5/c29-20-10-12-21(13-11-20)31-26(32)24(30-28(31)35)15-23-22-4-2-1-3-18(22)9-14-25(23)36-16-17-5-7-19(8-6-17)27(33)34/h1-15H,16H2,(H,30,35)(H,33,34)/b24-15+. The molecule has 0 saturated carbocycles. The lowest BCUT2D eigenvalue weighted by atomic mass is 10.0. The highest BCUT2D eigenvalue weighted by Gasteiger charge is 2.35. The summed E-state index contributed by atoms with van der Waals surface area (Å²) in [6.45, 7) is 0.186. The number of imide groups is 1. The largest absolute Gasteiger partial charge is 0.488 e. The number of nitrogens with zero attached hydrogens (tertiary/aromatic N) is 1. The van der Waals surface area contributed by atoms with Crippen molar-refractivity contribution in [3.05, 3.63) is 112 Å². The van der Waals surface area contributed by atoms with Crippen molar-refractivity contribution in [1.29, 1.82) is 0 Å². The second-order valence-electron chi connectivity index (χ2n) is 8.09. The molecule has 3 amide bonds. The summed E-state index contributed by atoms with van der Waals surface area (Å²) >= 11 is 5.94. The lowest BCUT2D eigenvalue weighted by Crippen LogP contribution is -2.30. The van der Waals surface area contributed by atoms with Crippen LogP contribution in [0.5, 0.6) is 5.75 Å². The third-order valence-electron chi connectivity index (χ3n) is 5.78. The van der Waals surface area contributed by atoms with Crippen LogP contribution in [0.1, 0.15) is 21.5 Å². The molecular weight excluding hydrogens is 480 g/mol. The van der Waals surface area contributed by atoms with Crippen LogP contribution in [-0.2, 0) is 11.4 Å². The fourth-order valence-electron chi connectivity index (χ4n) is 3.96. The van der Waals surface area contributed by atoms with Crippen molar-refractivity contribution in [3.63, 3.8) is 0 Å². The van der Waals surface area contributed by atoms with Crippen molar-refractivity contribution in [2.75, 3.05) is 4.90 Å². The number of carbonyl (C=O) groups excluding carboxylic acids is 2. The molecule has 178 valence electrons. The summed E-state index contributed by atoms with van der Waals surface area (Å²) in [4.78, 5) is 38.0. The Balaban J connectivity index is 1.49. The SMILES string of the molecule is O=C(O)c1ccc(COc2ccc3ccccc3c2/C=C2/NC(=O)N(c3ccc(Cl)cc3)C2=O)cc1. The molecule has 4 aromatic carbocycles. The molecule has 0 bridgehead atoms. The highest BCUT2D eigenvalue weighted by Crippen LogP contribution is 2.32. The molecule has 0 aromatic heterocycles. The number of benzene rings is 4. The molecule has 7 nitrogen and oxygen atoms in total. The number of ether oxygens (including phenoxy) is 1. The molecule has 0 spiro atoms. The van der Waals surface area contributed by atoms with E-state index in [2.05, 4.69) is 5.32 Å². The average Bonchev–Trinajstić information content (AvgIpc) is 3.16. The fraction of sp³-hybridized carbons (Fsp3) is 0.0357. The van der Waals surface area contributed by atoms with Crippen molar-refractivity contribution in [2.24, 2.45) is 0 Å². The van der Waals surface area contributed by atoms with Gasteiger partial charge in [0.1, 0.15) is 18.1 Å². The average molecular weight is 499 g/mol. The zero-order chi connectivity index (χ0) is 25.2. The summed E-state index contributed by atoms with van der Waals surface area (Å²) in [6.07, 6.45) is 1.61. The number of rotatable bonds is 6. The predicted molar refractivity (Wildman–Crippen MR) is 137 cm³/mol. The first-order chi connectivity index (χ1) is 17.4. The number of hydrogen-bond acceptors (Lipinski definition) is 4. The van der Waals surface area contributed by atoms with Crippen LogP contribution >= 0.6 is 11.6 Å². The second-order valence-corrected chi connectivity index (χ2v) is 8.53. The van der Waals surface area contributed by atoms with Crippen molar-refractivity contribution in [1.82, 2.24) is 5.32 Å². The fourth-order valence-corrected chi connectivity index (χ4v) is 4.09. The molecule has 0 aliphatic carbocycles. The van der Waals surface area contributed by atoms with Gasteiger partial charge in [0, 0.05) is 10.6 Å². The molecule has 5 rings (SSSR count). The molecule has 1 fully saturated rings. The van der Waals surface area contributed by atoms with Crippen LogP contribution in [0, 0.1) is 0 Å². The lowest BCUT2D eigenvalue weighted by molar-refractivity contribution is -0.113. The first-order valence-electron chi connectivity index (χ1n) is 11.0. The quantitative estimate of drug-likeness (QED) is 0.256. The molecule has 36 heavy (non-hydrogen) atoms. The van der Waals surface area contributed by atoms with Crippen LogP contribution in [0.3, 0.4) is 0 Å². The van der Waals surface area contributed by atoms with Gasteiger partial charge in [-0.2, -0.15) is 0 Å². The summed E-state index contributed by atoms with van der Waals surface area (Å²) < 4.78 is 6.08. The van der Waals surface area contributed by atoms with Gasteiger partial charge in [-0.25, -0.2) is 14.5 Å². The van der Waals surface area contributed by atoms with E-state index in [0.717, 1.165) is 21.2 Å².